The van der Waals surface area contributed by atoms with Crippen molar-refractivity contribution in [1.82, 2.24) is 0 Å². The molecule has 2 nitrogen and oxygen atoms in total. The molecule has 0 aromatic heterocycles. The van der Waals surface area contributed by atoms with Crippen molar-refractivity contribution in [3.05, 3.63) is 29.8 Å². The molecule has 0 saturated carbocycles. The van der Waals surface area contributed by atoms with Crippen LogP contribution in [0.25, 0.3) is 0 Å². The van der Waals surface area contributed by atoms with Crippen molar-refractivity contribution in [2.75, 3.05) is 0 Å². The lowest BCUT2D eigenvalue weighted by Gasteiger charge is -2.24. The van der Waals surface area contributed by atoms with Gasteiger partial charge in [0.15, 0.2) is 5.75 Å². The predicted molar refractivity (Wildman–Crippen MR) is 80.4 cm³/mol. The molecular formula is C17H28O2. The maximum atomic E-state index is 5.60. The second-order valence-corrected chi connectivity index (χ2v) is 6.59. The molecule has 0 aliphatic rings. The maximum absolute atomic E-state index is 5.60. The molecule has 0 N–H and O–H groups in total. The summed E-state index contributed by atoms with van der Waals surface area (Å²) in [5, 5.41) is 0. The SMILES string of the molecule is CC(C)CCC(C)(C)OOc1cccc(C(C)C)c1. The van der Waals surface area contributed by atoms with Gasteiger partial charge in [-0.3, -0.25) is 0 Å². The standard InChI is InChI=1S/C17H28O2/c1-13(2)10-11-17(5,6)19-18-16-9-7-8-15(12-16)14(3)4/h7-9,12-14H,10-11H2,1-6H3. The fraction of sp³-hybridized carbons (Fsp3) is 0.647. The van der Waals surface area contributed by atoms with Crippen LogP contribution in [0.5, 0.6) is 5.75 Å². The van der Waals surface area contributed by atoms with E-state index in [1.807, 2.05) is 18.2 Å². The van der Waals surface area contributed by atoms with E-state index in [1.54, 1.807) is 0 Å². The van der Waals surface area contributed by atoms with Gasteiger partial charge in [-0.05, 0) is 56.2 Å². The minimum absolute atomic E-state index is 0.252. The third-order valence-electron chi connectivity index (χ3n) is 3.21. The molecule has 1 rings (SSSR count). The zero-order valence-corrected chi connectivity index (χ0v) is 13.2. The summed E-state index contributed by atoms with van der Waals surface area (Å²) in [5.74, 6) is 1.97. The molecule has 1 aromatic rings. The van der Waals surface area contributed by atoms with Crippen LogP contribution < -0.4 is 4.89 Å². The van der Waals surface area contributed by atoms with E-state index in [4.69, 9.17) is 9.78 Å². The number of hydrogen-bond donors (Lipinski definition) is 0. The first-order valence-corrected chi connectivity index (χ1v) is 7.26. The quantitative estimate of drug-likeness (QED) is 0.489. The first-order valence-electron chi connectivity index (χ1n) is 7.26. The van der Waals surface area contributed by atoms with E-state index < -0.39 is 0 Å². The highest BCUT2D eigenvalue weighted by Gasteiger charge is 2.21. The molecule has 0 aliphatic heterocycles. The van der Waals surface area contributed by atoms with Crippen LogP contribution in [0, 0.1) is 5.92 Å². The Labute approximate surface area is 118 Å². The van der Waals surface area contributed by atoms with Crippen LogP contribution in [0.4, 0.5) is 0 Å². The monoisotopic (exact) mass is 264 g/mol. The molecule has 0 spiro atoms. The predicted octanol–water partition coefficient (Wildman–Crippen LogP) is 5.34. The van der Waals surface area contributed by atoms with Gasteiger partial charge in [0.25, 0.3) is 0 Å². The largest absolute Gasteiger partial charge is 0.337 e. The third kappa shape index (κ3) is 6.11. The highest BCUT2D eigenvalue weighted by molar-refractivity contribution is 5.29. The van der Waals surface area contributed by atoms with Crippen LogP contribution in [0.1, 0.15) is 65.9 Å². The van der Waals surface area contributed by atoms with E-state index >= 15 is 0 Å². The molecule has 0 unspecified atom stereocenters. The summed E-state index contributed by atoms with van der Waals surface area (Å²) in [6, 6.07) is 8.10. The first-order chi connectivity index (χ1) is 8.80. The molecule has 0 atom stereocenters. The fourth-order valence-electron chi connectivity index (χ4n) is 1.76. The van der Waals surface area contributed by atoms with Gasteiger partial charge in [0.1, 0.15) is 5.60 Å². The van der Waals surface area contributed by atoms with Gasteiger partial charge in [0.2, 0.25) is 0 Å². The van der Waals surface area contributed by atoms with E-state index in [0.717, 1.165) is 18.6 Å². The van der Waals surface area contributed by atoms with Gasteiger partial charge < -0.3 is 4.89 Å². The van der Waals surface area contributed by atoms with Gasteiger partial charge in [-0.1, -0.05) is 39.8 Å². The second-order valence-electron chi connectivity index (χ2n) is 6.59. The molecule has 0 bridgehead atoms. The summed E-state index contributed by atoms with van der Waals surface area (Å²) in [6.07, 6.45) is 2.14. The van der Waals surface area contributed by atoms with Crippen LogP contribution in [-0.4, -0.2) is 5.60 Å². The van der Waals surface area contributed by atoms with E-state index in [9.17, 15) is 0 Å². The minimum atomic E-state index is -0.252. The van der Waals surface area contributed by atoms with Gasteiger partial charge in [0, 0.05) is 0 Å². The highest BCUT2D eigenvalue weighted by atomic mass is 17.2. The van der Waals surface area contributed by atoms with Gasteiger partial charge in [-0.15, -0.1) is 0 Å². The summed E-state index contributed by atoms with van der Waals surface area (Å²) in [6.45, 7) is 12.9. The Bertz CT molecular complexity index is 381. The van der Waals surface area contributed by atoms with Gasteiger partial charge >= 0.3 is 0 Å². The molecule has 0 saturated heterocycles. The van der Waals surface area contributed by atoms with Gasteiger partial charge in [-0.25, -0.2) is 0 Å². The van der Waals surface area contributed by atoms with Crippen molar-refractivity contribution in [2.45, 2.75) is 65.9 Å². The van der Waals surface area contributed by atoms with E-state index in [2.05, 4.69) is 47.6 Å². The van der Waals surface area contributed by atoms with Gasteiger partial charge in [-0.2, -0.15) is 4.89 Å². The van der Waals surface area contributed by atoms with Crippen molar-refractivity contribution in [3.8, 4) is 5.75 Å². The Balaban J connectivity index is 2.53. The minimum Gasteiger partial charge on any atom is -0.337 e. The molecule has 2 heteroatoms. The molecule has 0 radical (unpaired) electrons. The van der Waals surface area contributed by atoms with E-state index in [0.29, 0.717) is 11.8 Å². The first kappa shape index (κ1) is 16.0. The van der Waals surface area contributed by atoms with Gasteiger partial charge in [0.05, 0.1) is 0 Å². The zero-order chi connectivity index (χ0) is 14.5. The van der Waals surface area contributed by atoms with Crippen LogP contribution in [0.2, 0.25) is 0 Å². The van der Waals surface area contributed by atoms with Crippen molar-refractivity contribution < 1.29 is 9.78 Å². The van der Waals surface area contributed by atoms with Crippen LogP contribution in [0.3, 0.4) is 0 Å². The molecule has 108 valence electrons. The Kier molecular flexibility index (Phi) is 5.86. The summed E-state index contributed by atoms with van der Waals surface area (Å²) in [7, 11) is 0. The Morgan fingerprint density at radius 1 is 1.11 bits per heavy atom. The van der Waals surface area contributed by atoms with Crippen LogP contribution in [0.15, 0.2) is 24.3 Å². The fourth-order valence-corrected chi connectivity index (χ4v) is 1.76. The number of benzene rings is 1. The van der Waals surface area contributed by atoms with Crippen molar-refractivity contribution in [2.24, 2.45) is 5.92 Å². The summed E-state index contributed by atoms with van der Waals surface area (Å²) < 4.78 is 0. The number of rotatable bonds is 7. The lowest BCUT2D eigenvalue weighted by atomic mass is 9.97. The normalized spacial score (nSPS) is 12.2. The molecule has 1 aromatic carbocycles. The molecule has 0 aliphatic carbocycles. The lowest BCUT2D eigenvalue weighted by molar-refractivity contribution is -0.283. The molecule has 19 heavy (non-hydrogen) atoms. The average Bonchev–Trinajstić information content (AvgIpc) is 2.35. The maximum Gasteiger partial charge on any atom is 0.165 e. The topological polar surface area (TPSA) is 18.5 Å². The van der Waals surface area contributed by atoms with Crippen molar-refractivity contribution >= 4 is 0 Å². The summed E-state index contributed by atoms with van der Waals surface area (Å²) >= 11 is 0. The molecular weight excluding hydrogens is 236 g/mol. The van der Waals surface area contributed by atoms with Crippen molar-refractivity contribution in [1.29, 1.82) is 0 Å². The van der Waals surface area contributed by atoms with E-state index in [1.165, 1.54) is 5.56 Å². The average molecular weight is 264 g/mol. The van der Waals surface area contributed by atoms with E-state index in [-0.39, 0.29) is 5.60 Å². The zero-order valence-electron chi connectivity index (χ0n) is 13.2. The molecule has 0 heterocycles. The third-order valence-corrected chi connectivity index (χ3v) is 3.21. The lowest BCUT2D eigenvalue weighted by Crippen LogP contribution is -2.26. The van der Waals surface area contributed by atoms with Crippen LogP contribution in [-0.2, 0) is 4.89 Å². The van der Waals surface area contributed by atoms with Crippen molar-refractivity contribution in [3.63, 3.8) is 0 Å². The second kappa shape index (κ2) is 6.95. The molecule has 0 fully saturated rings. The molecule has 0 amide bonds. The van der Waals surface area contributed by atoms with Crippen LogP contribution >= 0.6 is 0 Å². The smallest absolute Gasteiger partial charge is 0.165 e. The number of hydrogen-bond acceptors (Lipinski definition) is 2. The Morgan fingerprint density at radius 3 is 2.37 bits per heavy atom. The summed E-state index contributed by atoms with van der Waals surface area (Å²) in [5.41, 5.74) is 1.01. The Morgan fingerprint density at radius 2 is 1.79 bits per heavy atom. The summed E-state index contributed by atoms with van der Waals surface area (Å²) in [4.78, 5) is 11.1. The highest BCUT2D eigenvalue weighted by Crippen LogP contribution is 2.24. The Hall–Kier alpha value is -1.02.